The number of hydrogen-bond donors (Lipinski definition) is 2. The maximum absolute atomic E-state index is 11.8. The number of nitrogens with one attached hydrogen (secondary N) is 1. The smallest absolute Gasteiger partial charge is 0.253 e. The van der Waals surface area contributed by atoms with Gasteiger partial charge in [0.05, 0.1) is 5.25 Å². The van der Waals surface area contributed by atoms with E-state index >= 15 is 0 Å². The lowest BCUT2D eigenvalue weighted by atomic mass is 10.0. The summed E-state index contributed by atoms with van der Waals surface area (Å²) in [6, 6.07) is 11.3. The van der Waals surface area contributed by atoms with E-state index in [1.807, 2.05) is 30.3 Å². The van der Waals surface area contributed by atoms with Crippen molar-refractivity contribution in [2.24, 2.45) is 10.1 Å². The van der Waals surface area contributed by atoms with Crippen LogP contribution < -0.4 is 5.43 Å². The average Bonchev–Trinajstić information content (AvgIpc) is 2.61. The highest BCUT2D eigenvalue weighted by Crippen LogP contribution is 2.27. The number of phenols is 1. The van der Waals surface area contributed by atoms with E-state index in [2.05, 4.69) is 22.4 Å². The van der Waals surface area contributed by atoms with Gasteiger partial charge < -0.3 is 5.11 Å². The van der Waals surface area contributed by atoms with Crippen molar-refractivity contribution < 1.29 is 9.90 Å². The molecule has 6 heteroatoms. The van der Waals surface area contributed by atoms with Crippen LogP contribution in [0.3, 0.4) is 0 Å². The summed E-state index contributed by atoms with van der Waals surface area (Å²) >= 11 is 1.37. The molecular formula is C18H19N3O2S. The third kappa shape index (κ3) is 3.59. The van der Waals surface area contributed by atoms with E-state index in [-0.39, 0.29) is 16.9 Å². The Morgan fingerprint density at radius 2 is 2.17 bits per heavy atom. The van der Waals surface area contributed by atoms with E-state index in [1.165, 1.54) is 11.8 Å². The Kier molecular flexibility index (Phi) is 5.15. The van der Waals surface area contributed by atoms with Gasteiger partial charge in [0.1, 0.15) is 5.75 Å². The number of phenolic OH excluding ortho intramolecular Hbond substituents is 1. The number of fused-ring (bicyclic) bond motifs is 1. The molecule has 124 valence electrons. The van der Waals surface area contributed by atoms with Crippen LogP contribution in [0.5, 0.6) is 5.75 Å². The number of hydrogen-bond acceptors (Lipinski definition) is 5. The molecule has 1 aliphatic heterocycles. The standard InChI is InChI=1S/C18H19N3O2S/c1-2-3-8-16-17(23)20-21-18(24-16)19-11-14-13-7-5-4-6-12(13)9-10-15(14)22/h4-7,9-11,16,22H,2-3,8H2,1H3,(H,20,23)/b19-11+/t16-/m1/s1. The Hall–Kier alpha value is -2.34. The molecule has 2 aromatic carbocycles. The van der Waals surface area contributed by atoms with E-state index in [4.69, 9.17) is 0 Å². The second-order valence-corrected chi connectivity index (χ2v) is 6.77. The van der Waals surface area contributed by atoms with Crippen LogP contribution in [0.25, 0.3) is 10.8 Å². The van der Waals surface area contributed by atoms with Crippen LogP contribution in [0.15, 0.2) is 46.5 Å². The number of thioether (sulfide) groups is 1. The minimum atomic E-state index is -0.157. The normalized spacial score (nSPS) is 18.0. The van der Waals surface area contributed by atoms with Crippen molar-refractivity contribution in [1.29, 1.82) is 0 Å². The SMILES string of the molecule is CCCC[C@H]1SC(/N=C/c2c(O)ccc3ccccc23)=NNC1=O. The van der Waals surface area contributed by atoms with E-state index in [1.54, 1.807) is 12.3 Å². The number of aromatic hydroxyl groups is 1. The maximum Gasteiger partial charge on any atom is 0.253 e. The first kappa shape index (κ1) is 16.5. The van der Waals surface area contributed by atoms with Crippen molar-refractivity contribution in [3.05, 3.63) is 42.0 Å². The molecule has 1 aliphatic rings. The molecule has 0 radical (unpaired) electrons. The van der Waals surface area contributed by atoms with Gasteiger partial charge in [-0.15, -0.1) is 5.10 Å². The summed E-state index contributed by atoms with van der Waals surface area (Å²) < 4.78 is 0. The first-order valence-electron chi connectivity index (χ1n) is 7.98. The summed E-state index contributed by atoms with van der Waals surface area (Å²) in [5.41, 5.74) is 3.18. The Bertz CT molecular complexity index is 817. The fraction of sp³-hybridized carbons (Fsp3) is 0.278. The molecule has 2 N–H and O–H groups in total. The summed E-state index contributed by atoms with van der Waals surface area (Å²) in [4.78, 5) is 16.2. The number of amidine groups is 1. The third-order valence-electron chi connectivity index (χ3n) is 3.87. The zero-order chi connectivity index (χ0) is 16.9. The van der Waals surface area contributed by atoms with Crippen LogP contribution >= 0.6 is 11.8 Å². The number of unbranched alkanes of at least 4 members (excludes halogenated alkanes) is 1. The van der Waals surface area contributed by atoms with Crippen molar-refractivity contribution in [2.45, 2.75) is 31.4 Å². The molecule has 0 unspecified atom stereocenters. The second-order valence-electron chi connectivity index (χ2n) is 5.60. The zero-order valence-electron chi connectivity index (χ0n) is 13.4. The lowest BCUT2D eigenvalue weighted by molar-refractivity contribution is -0.120. The predicted octanol–water partition coefficient (Wildman–Crippen LogP) is 3.66. The van der Waals surface area contributed by atoms with Crippen molar-refractivity contribution in [1.82, 2.24) is 5.43 Å². The Morgan fingerprint density at radius 3 is 3.00 bits per heavy atom. The quantitative estimate of drug-likeness (QED) is 0.834. The Morgan fingerprint density at radius 1 is 1.33 bits per heavy atom. The Balaban J connectivity index is 1.84. The fourth-order valence-electron chi connectivity index (χ4n) is 2.56. The molecule has 1 heterocycles. The van der Waals surface area contributed by atoms with Crippen LogP contribution in [-0.2, 0) is 4.79 Å². The van der Waals surface area contributed by atoms with Crippen LogP contribution in [-0.4, -0.2) is 27.6 Å². The molecule has 5 nitrogen and oxygen atoms in total. The number of rotatable bonds is 4. The molecule has 0 aliphatic carbocycles. The van der Waals surface area contributed by atoms with Gasteiger partial charge in [-0.3, -0.25) is 4.79 Å². The van der Waals surface area contributed by atoms with Crippen LogP contribution in [0.4, 0.5) is 0 Å². The van der Waals surface area contributed by atoms with E-state index in [9.17, 15) is 9.90 Å². The van der Waals surface area contributed by atoms with Gasteiger partial charge in [0, 0.05) is 11.8 Å². The second kappa shape index (κ2) is 7.49. The number of benzene rings is 2. The first-order valence-corrected chi connectivity index (χ1v) is 8.86. The van der Waals surface area contributed by atoms with Gasteiger partial charge in [0.2, 0.25) is 5.17 Å². The van der Waals surface area contributed by atoms with Gasteiger partial charge in [-0.25, -0.2) is 10.4 Å². The molecule has 1 amide bonds. The molecular weight excluding hydrogens is 322 g/mol. The fourth-order valence-corrected chi connectivity index (χ4v) is 3.47. The van der Waals surface area contributed by atoms with Crippen molar-refractivity contribution in [3.63, 3.8) is 0 Å². The summed E-state index contributed by atoms with van der Waals surface area (Å²) in [6.45, 7) is 2.10. The van der Waals surface area contributed by atoms with E-state index in [0.717, 1.165) is 30.0 Å². The molecule has 24 heavy (non-hydrogen) atoms. The maximum atomic E-state index is 11.8. The Labute approximate surface area is 144 Å². The van der Waals surface area contributed by atoms with Crippen LogP contribution in [0.1, 0.15) is 31.7 Å². The summed E-state index contributed by atoms with van der Waals surface area (Å²) in [5.74, 6) is 0.103. The van der Waals surface area contributed by atoms with Crippen LogP contribution in [0, 0.1) is 0 Å². The molecule has 0 saturated carbocycles. The summed E-state index contributed by atoms with van der Waals surface area (Å²) in [7, 11) is 0. The van der Waals surface area contributed by atoms with Gasteiger partial charge in [-0.1, -0.05) is 61.9 Å². The minimum absolute atomic E-state index is 0.0691. The van der Waals surface area contributed by atoms with Gasteiger partial charge in [-0.05, 0) is 23.3 Å². The number of hydrazone groups is 1. The molecule has 3 rings (SSSR count). The van der Waals surface area contributed by atoms with Crippen molar-refractivity contribution in [3.8, 4) is 5.75 Å². The molecule has 0 fully saturated rings. The number of nitrogens with zero attached hydrogens (tertiary/aromatic N) is 2. The zero-order valence-corrected chi connectivity index (χ0v) is 14.2. The monoisotopic (exact) mass is 341 g/mol. The lowest BCUT2D eigenvalue weighted by Crippen LogP contribution is -2.34. The molecule has 0 saturated heterocycles. The third-order valence-corrected chi connectivity index (χ3v) is 5.02. The minimum Gasteiger partial charge on any atom is -0.507 e. The number of amides is 1. The average molecular weight is 341 g/mol. The van der Waals surface area contributed by atoms with Crippen molar-refractivity contribution >= 4 is 39.8 Å². The van der Waals surface area contributed by atoms with Crippen molar-refractivity contribution in [2.75, 3.05) is 0 Å². The highest BCUT2D eigenvalue weighted by atomic mass is 32.2. The van der Waals surface area contributed by atoms with Gasteiger partial charge in [0.15, 0.2) is 0 Å². The van der Waals surface area contributed by atoms with Gasteiger partial charge in [-0.2, -0.15) is 0 Å². The molecule has 0 bridgehead atoms. The topological polar surface area (TPSA) is 74.1 Å². The lowest BCUT2D eigenvalue weighted by Gasteiger charge is -2.18. The van der Waals surface area contributed by atoms with Crippen LogP contribution in [0.2, 0.25) is 0 Å². The molecule has 1 atom stereocenters. The predicted molar refractivity (Wildman–Crippen MR) is 99.7 cm³/mol. The highest BCUT2D eigenvalue weighted by Gasteiger charge is 2.24. The molecule has 0 aromatic heterocycles. The van der Waals surface area contributed by atoms with Gasteiger partial charge >= 0.3 is 0 Å². The van der Waals surface area contributed by atoms with E-state index in [0.29, 0.717) is 10.7 Å². The molecule has 2 aromatic rings. The first-order chi connectivity index (χ1) is 11.7. The summed E-state index contributed by atoms with van der Waals surface area (Å²) in [6.07, 6.45) is 4.45. The number of carbonyl (C=O) groups excluding carboxylic acids is 1. The van der Waals surface area contributed by atoms with Gasteiger partial charge in [0.25, 0.3) is 5.91 Å². The highest BCUT2D eigenvalue weighted by molar-refractivity contribution is 8.15. The number of carbonyl (C=O) groups is 1. The summed E-state index contributed by atoms with van der Waals surface area (Å²) in [5, 5.41) is 16.4. The number of aliphatic imine (C=N–C) groups is 1. The van der Waals surface area contributed by atoms with E-state index < -0.39 is 0 Å². The molecule has 0 spiro atoms. The largest absolute Gasteiger partial charge is 0.507 e.